The fourth-order valence-corrected chi connectivity index (χ4v) is 2.18. The highest BCUT2D eigenvalue weighted by atomic mass is 16.4. The van der Waals surface area contributed by atoms with Gasteiger partial charge < -0.3 is 15.7 Å². The predicted molar refractivity (Wildman–Crippen MR) is 82.2 cm³/mol. The van der Waals surface area contributed by atoms with Crippen LogP contribution in [0.4, 0.5) is 4.79 Å². The van der Waals surface area contributed by atoms with E-state index in [-0.39, 0.29) is 18.5 Å². The number of carboxylic acids is 1. The number of aliphatic carboxylic acids is 1. The zero-order valence-corrected chi connectivity index (χ0v) is 12.7. The highest BCUT2D eigenvalue weighted by Crippen LogP contribution is 2.16. The molecule has 0 radical (unpaired) electrons. The van der Waals surface area contributed by atoms with Crippen molar-refractivity contribution in [3.63, 3.8) is 0 Å². The smallest absolute Gasteiger partial charge is 0.315 e. The van der Waals surface area contributed by atoms with Gasteiger partial charge in [-0.2, -0.15) is 0 Å². The third kappa shape index (κ3) is 6.79. The van der Waals surface area contributed by atoms with E-state index in [0.29, 0.717) is 13.0 Å². The zero-order valence-electron chi connectivity index (χ0n) is 12.7. The maximum Gasteiger partial charge on any atom is 0.315 e. The number of rotatable bonds is 8. The minimum Gasteiger partial charge on any atom is -0.481 e. The third-order valence-corrected chi connectivity index (χ3v) is 3.36. The van der Waals surface area contributed by atoms with Crippen LogP contribution in [0.2, 0.25) is 0 Å². The molecule has 0 aromatic heterocycles. The number of aryl methyl sites for hydroxylation is 1. The summed E-state index contributed by atoms with van der Waals surface area (Å²) < 4.78 is 0. The van der Waals surface area contributed by atoms with Crippen LogP contribution in [-0.2, 0) is 4.79 Å². The molecule has 21 heavy (non-hydrogen) atoms. The quantitative estimate of drug-likeness (QED) is 0.644. The van der Waals surface area contributed by atoms with Gasteiger partial charge in [0.2, 0.25) is 0 Å². The van der Waals surface area contributed by atoms with Gasteiger partial charge >= 0.3 is 12.0 Å². The Labute approximate surface area is 125 Å². The summed E-state index contributed by atoms with van der Waals surface area (Å²) in [4.78, 5) is 22.1. The Morgan fingerprint density at radius 2 is 1.90 bits per heavy atom. The summed E-state index contributed by atoms with van der Waals surface area (Å²) >= 11 is 0. The average Bonchev–Trinajstić information content (AvgIpc) is 2.42. The van der Waals surface area contributed by atoms with Gasteiger partial charge in [0.1, 0.15) is 0 Å². The van der Waals surface area contributed by atoms with Gasteiger partial charge in [0, 0.05) is 13.0 Å². The molecule has 0 aliphatic heterocycles. The van der Waals surface area contributed by atoms with Crippen molar-refractivity contribution in [1.29, 1.82) is 0 Å². The van der Waals surface area contributed by atoms with Gasteiger partial charge in [0.15, 0.2) is 0 Å². The van der Waals surface area contributed by atoms with Crippen molar-refractivity contribution < 1.29 is 14.7 Å². The fourth-order valence-electron chi connectivity index (χ4n) is 2.18. The molecular weight excluding hydrogens is 268 g/mol. The maximum absolute atomic E-state index is 11.8. The van der Waals surface area contributed by atoms with Gasteiger partial charge in [-0.3, -0.25) is 4.79 Å². The zero-order chi connectivity index (χ0) is 15.7. The number of benzene rings is 1. The molecule has 0 heterocycles. The molecule has 0 spiro atoms. The number of unbranched alkanes of at least 4 members (excludes halogenated alkanes) is 2. The van der Waals surface area contributed by atoms with Crippen molar-refractivity contribution in [3.8, 4) is 0 Å². The van der Waals surface area contributed by atoms with Crippen LogP contribution >= 0.6 is 0 Å². The SMILES string of the molecule is Cc1ccccc1C(C)NC(=O)NCCCCCC(=O)O. The number of urea groups is 1. The Hall–Kier alpha value is -2.04. The minimum atomic E-state index is -0.771. The molecule has 0 saturated heterocycles. The number of carbonyl (C=O) groups is 2. The van der Waals surface area contributed by atoms with E-state index in [1.54, 1.807) is 0 Å². The molecule has 0 saturated carbocycles. The van der Waals surface area contributed by atoms with Gasteiger partial charge in [-0.15, -0.1) is 0 Å². The molecule has 1 aromatic carbocycles. The van der Waals surface area contributed by atoms with Gasteiger partial charge in [-0.1, -0.05) is 30.7 Å². The van der Waals surface area contributed by atoms with Crippen LogP contribution in [0.15, 0.2) is 24.3 Å². The Morgan fingerprint density at radius 3 is 2.57 bits per heavy atom. The Kier molecular flexibility index (Phi) is 7.29. The molecule has 2 amide bonds. The van der Waals surface area contributed by atoms with E-state index in [0.717, 1.165) is 24.0 Å². The highest BCUT2D eigenvalue weighted by molar-refractivity contribution is 5.74. The van der Waals surface area contributed by atoms with Crippen LogP contribution in [-0.4, -0.2) is 23.7 Å². The van der Waals surface area contributed by atoms with E-state index < -0.39 is 5.97 Å². The average molecular weight is 292 g/mol. The molecule has 1 atom stereocenters. The van der Waals surface area contributed by atoms with Gasteiger partial charge in [0.05, 0.1) is 6.04 Å². The van der Waals surface area contributed by atoms with Crippen molar-refractivity contribution in [2.75, 3.05) is 6.54 Å². The van der Waals surface area contributed by atoms with Crippen LogP contribution in [0.1, 0.15) is 49.8 Å². The largest absolute Gasteiger partial charge is 0.481 e. The first kappa shape index (κ1) is 17.0. The molecule has 3 N–H and O–H groups in total. The summed E-state index contributed by atoms with van der Waals surface area (Å²) in [6.45, 7) is 4.54. The summed E-state index contributed by atoms with van der Waals surface area (Å²) in [5, 5.41) is 14.2. The lowest BCUT2D eigenvalue weighted by Gasteiger charge is -2.17. The maximum atomic E-state index is 11.8. The van der Waals surface area contributed by atoms with E-state index in [1.165, 1.54) is 0 Å². The highest BCUT2D eigenvalue weighted by Gasteiger charge is 2.10. The van der Waals surface area contributed by atoms with Gasteiger partial charge in [0.25, 0.3) is 0 Å². The summed E-state index contributed by atoms with van der Waals surface area (Å²) in [5.41, 5.74) is 2.26. The van der Waals surface area contributed by atoms with Crippen molar-refractivity contribution in [2.45, 2.75) is 45.6 Å². The van der Waals surface area contributed by atoms with Crippen LogP contribution in [0.25, 0.3) is 0 Å². The molecule has 0 fully saturated rings. The van der Waals surface area contributed by atoms with E-state index >= 15 is 0 Å². The van der Waals surface area contributed by atoms with Crippen molar-refractivity contribution in [1.82, 2.24) is 10.6 Å². The first-order valence-electron chi connectivity index (χ1n) is 7.32. The standard InChI is InChI=1S/C16H24N2O3/c1-12-8-5-6-9-14(12)13(2)18-16(21)17-11-7-3-4-10-15(19)20/h5-6,8-9,13H,3-4,7,10-11H2,1-2H3,(H,19,20)(H2,17,18,21). The number of carboxylic acid groups (broad SMARTS) is 1. The summed E-state index contributed by atoms with van der Waals surface area (Å²) in [5.74, 6) is -0.771. The molecule has 0 aliphatic carbocycles. The number of nitrogens with one attached hydrogen (secondary N) is 2. The van der Waals surface area contributed by atoms with Crippen molar-refractivity contribution in [2.24, 2.45) is 0 Å². The molecule has 1 rings (SSSR count). The summed E-state index contributed by atoms with van der Waals surface area (Å²) in [6, 6.07) is 7.73. The lowest BCUT2D eigenvalue weighted by molar-refractivity contribution is -0.137. The summed E-state index contributed by atoms with van der Waals surface area (Å²) in [7, 11) is 0. The Bertz CT molecular complexity index is 474. The lowest BCUT2D eigenvalue weighted by atomic mass is 10.0. The second kappa shape index (κ2) is 9.00. The Morgan fingerprint density at radius 1 is 1.19 bits per heavy atom. The molecular formula is C16H24N2O3. The molecule has 1 unspecified atom stereocenters. The van der Waals surface area contributed by atoms with Gasteiger partial charge in [-0.25, -0.2) is 4.79 Å². The third-order valence-electron chi connectivity index (χ3n) is 3.36. The van der Waals surface area contributed by atoms with E-state index in [1.807, 2.05) is 38.1 Å². The second-order valence-corrected chi connectivity index (χ2v) is 5.18. The molecule has 116 valence electrons. The fraction of sp³-hybridized carbons (Fsp3) is 0.500. The van der Waals surface area contributed by atoms with E-state index in [2.05, 4.69) is 10.6 Å². The number of hydrogen-bond donors (Lipinski definition) is 3. The summed E-state index contributed by atoms with van der Waals surface area (Å²) in [6.07, 6.45) is 2.44. The lowest BCUT2D eigenvalue weighted by Crippen LogP contribution is -2.37. The molecule has 1 aromatic rings. The molecule has 0 aliphatic rings. The number of hydrogen-bond acceptors (Lipinski definition) is 2. The Balaban J connectivity index is 2.22. The van der Waals surface area contributed by atoms with Crippen LogP contribution in [0.5, 0.6) is 0 Å². The number of amides is 2. The first-order chi connectivity index (χ1) is 10.0. The van der Waals surface area contributed by atoms with Crippen LogP contribution in [0, 0.1) is 6.92 Å². The molecule has 0 bridgehead atoms. The minimum absolute atomic E-state index is 0.0433. The van der Waals surface area contributed by atoms with E-state index in [4.69, 9.17) is 5.11 Å². The van der Waals surface area contributed by atoms with Crippen molar-refractivity contribution in [3.05, 3.63) is 35.4 Å². The normalized spacial score (nSPS) is 11.7. The molecule has 5 heteroatoms. The monoisotopic (exact) mass is 292 g/mol. The second-order valence-electron chi connectivity index (χ2n) is 5.18. The predicted octanol–water partition coefficient (Wildman–Crippen LogP) is 3.00. The van der Waals surface area contributed by atoms with Crippen LogP contribution < -0.4 is 10.6 Å². The van der Waals surface area contributed by atoms with Crippen LogP contribution in [0.3, 0.4) is 0 Å². The topological polar surface area (TPSA) is 78.4 Å². The first-order valence-corrected chi connectivity index (χ1v) is 7.32. The van der Waals surface area contributed by atoms with Gasteiger partial charge in [-0.05, 0) is 37.8 Å². The number of carbonyl (C=O) groups excluding carboxylic acids is 1. The van der Waals surface area contributed by atoms with E-state index in [9.17, 15) is 9.59 Å². The molecule has 5 nitrogen and oxygen atoms in total. The van der Waals surface area contributed by atoms with Crippen molar-refractivity contribution >= 4 is 12.0 Å².